The molecule has 0 rings (SSSR count). The summed E-state index contributed by atoms with van der Waals surface area (Å²) in [5, 5.41) is -2.16. The lowest BCUT2D eigenvalue weighted by Crippen LogP contribution is -2.35. The number of carbonyl (C=O) groups is 2. The van der Waals surface area contributed by atoms with Crippen LogP contribution < -0.4 is 0 Å². The molecule has 0 spiro atoms. The minimum Gasteiger partial charge on any atom is -0.298 e. The van der Waals surface area contributed by atoms with Gasteiger partial charge in [-0.25, -0.2) is 9.59 Å². The Labute approximate surface area is 256 Å². The number of rotatable bonds is 30. The molecule has 3 unspecified atom stereocenters. The maximum absolute atomic E-state index is 12.3. The van der Waals surface area contributed by atoms with Crippen LogP contribution in [0.25, 0.3) is 0 Å². The van der Waals surface area contributed by atoms with Gasteiger partial charge in [-0.2, -0.15) is 18.2 Å². The molecule has 0 saturated carbocycles. The normalized spacial score (nSPS) is 13.9. The van der Waals surface area contributed by atoms with E-state index in [-0.39, 0.29) is 6.10 Å². The van der Waals surface area contributed by atoms with Gasteiger partial charge in [-0.3, -0.25) is 14.3 Å². The third-order valence-electron chi connectivity index (χ3n) is 7.50. The highest BCUT2D eigenvalue weighted by atomic mass is 32.2. The molecule has 0 aliphatic carbocycles. The maximum Gasteiger partial charge on any atom is 0.363 e. The molecule has 42 heavy (non-hydrogen) atoms. The van der Waals surface area contributed by atoms with Gasteiger partial charge in [-0.1, -0.05) is 142 Å². The highest BCUT2D eigenvalue weighted by molar-refractivity contribution is 7.87. The fraction of sp³-hybridized carbons (Fsp3) is 0.938. The van der Waals surface area contributed by atoms with Crippen molar-refractivity contribution in [3.8, 4) is 0 Å². The highest BCUT2D eigenvalue weighted by Crippen LogP contribution is 2.16. The standard InChI is InChI=1S/C32H62O9S/c1-5-7-9-11-13-15-17-19-21-23-25-28(3)38-40-31(33)27-30(42(35,36)37)32(34)41-39-29(4)26-24-22-20-18-16-14-12-10-8-6-2/h28-30H,5-27H2,1-4H3,(H,35,36,37). The number of hydrogen-bond acceptors (Lipinski definition) is 8. The molecule has 3 atom stereocenters. The molecular weight excluding hydrogens is 560 g/mol. The second kappa shape index (κ2) is 27.3. The van der Waals surface area contributed by atoms with Crippen molar-refractivity contribution >= 4 is 22.1 Å². The van der Waals surface area contributed by atoms with Crippen molar-refractivity contribution in [2.45, 2.75) is 193 Å². The van der Waals surface area contributed by atoms with Crippen LogP contribution in [0.2, 0.25) is 0 Å². The van der Waals surface area contributed by atoms with Gasteiger partial charge in [0.15, 0.2) is 5.25 Å². The first-order valence-corrected chi connectivity index (χ1v) is 18.3. The van der Waals surface area contributed by atoms with Gasteiger partial charge < -0.3 is 0 Å². The van der Waals surface area contributed by atoms with E-state index in [1.165, 1.54) is 89.9 Å². The van der Waals surface area contributed by atoms with Gasteiger partial charge in [0.2, 0.25) is 0 Å². The van der Waals surface area contributed by atoms with Gasteiger partial charge in [0.25, 0.3) is 10.1 Å². The molecule has 0 saturated heterocycles. The van der Waals surface area contributed by atoms with Crippen LogP contribution in [0.1, 0.15) is 175 Å². The van der Waals surface area contributed by atoms with Gasteiger partial charge in [0.1, 0.15) is 12.2 Å². The summed E-state index contributed by atoms with van der Waals surface area (Å²) in [7, 11) is -4.93. The van der Waals surface area contributed by atoms with Crippen molar-refractivity contribution < 1.29 is 42.1 Å². The smallest absolute Gasteiger partial charge is 0.298 e. The van der Waals surface area contributed by atoms with Crippen molar-refractivity contribution in [2.75, 3.05) is 0 Å². The third-order valence-corrected chi connectivity index (χ3v) is 8.58. The van der Waals surface area contributed by atoms with Gasteiger partial charge in [-0.15, -0.1) is 0 Å². The highest BCUT2D eigenvalue weighted by Gasteiger charge is 2.37. The number of unbranched alkanes of at least 4 members (excludes halogenated alkanes) is 18. The molecular formula is C32H62O9S. The summed E-state index contributed by atoms with van der Waals surface area (Å²) >= 11 is 0. The van der Waals surface area contributed by atoms with Crippen LogP contribution in [-0.4, -0.2) is 42.4 Å². The Kier molecular flexibility index (Phi) is 26.5. The van der Waals surface area contributed by atoms with Crippen molar-refractivity contribution in [3.63, 3.8) is 0 Å². The Morgan fingerprint density at radius 3 is 1.26 bits per heavy atom. The molecule has 0 aliphatic rings. The Hall–Kier alpha value is -1.23. The summed E-state index contributed by atoms with van der Waals surface area (Å²) in [4.78, 5) is 43.9. The largest absolute Gasteiger partial charge is 0.363 e. The quantitative estimate of drug-likeness (QED) is 0.0361. The molecule has 9 nitrogen and oxygen atoms in total. The zero-order chi connectivity index (χ0) is 31.5. The average molecular weight is 623 g/mol. The van der Waals surface area contributed by atoms with E-state index in [1.807, 2.05) is 0 Å². The monoisotopic (exact) mass is 622 g/mol. The Morgan fingerprint density at radius 2 is 0.905 bits per heavy atom. The van der Waals surface area contributed by atoms with Gasteiger partial charge in [0.05, 0.1) is 6.42 Å². The van der Waals surface area contributed by atoms with Gasteiger partial charge >= 0.3 is 11.9 Å². The molecule has 250 valence electrons. The first-order valence-electron chi connectivity index (χ1n) is 16.8. The molecule has 0 aromatic carbocycles. The molecule has 0 heterocycles. The molecule has 0 aromatic rings. The SMILES string of the molecule is CCCCCCCCCCCCC(C)OOC(=O)CC(C(=O)OOC(C)CCCCCCCCCCCC)S(=O)(=O)O. The van der Waals surface area contributed by atoms with Crippen LogP contribution in [-0.2, 0) is 39.3 Å². The summed E-state index contributed by atoms with van der Waals surface area (Å²) in [6.07, 6.45) is 23.6. The van der Waals surface area contributed by atoms with E-state index in [0.29, 0.717) is 12.8 Å². The second-order valence-electron chi connectivity index (χ2n) is 11.8. The summed E-state index contributed by atoms with van der Waals surface area (Å²) in [6.45, 7) is 7.89. The fourth-order valence-corrected chi connectivity index (χ4v) is 5.38. The van der Waals surface area contributed by atoms with Crippen molar-refractivity contribution in [2.24, 2.45) is 0 Å². The van der Waals surface area contributed by atoms with E-state index >= 15 is 0 Å². The van der Waals surface area contributed by atoms with Crippen LogP contribution >= 0.6 is 0 Å². The third kappa shape index (κ3) is 25.3. The molecule has 0 fully saturated rings. The molecule has 0 aromatic heterocycles. The Bertz CT molecular complexity index is 757. The lowest BCUT2D eigenvalue weighted by Gasteiger charge is -2.15. The van der Waals surface area contributed by atoms with Crippen LogP contribution in [0.4, 0.5) is 0 Å². The topological polar surface area (TPSA) is 125 Å². The number of carbonyl (C=O) groups excluding carboxylic acids is 2. The molecule has 0 bridgehead atoms. The summed E-state index contributed by atoms with van der Waals surface area (Å²) in [6, 6.07) is 0. The Morgan fingerprint density at radius 1 is 0.571 bits per heavy atom. The van der Waals surface area contributed by atoms with Crippen LogP contribution in [0.3, 0.4) is 0 Å². The van der Waals surface area contributed by atoms with Gasteiger partial charge in [0, 0.05) is 0 Å². The van der Waals surface area contributed by atoms with E-state index < -0.39 is 39.8 Å². The van der Waals surface area contributed by atoms with Crippen LogP contribution in [0.5, 0.6) is 0 Å². The minimum atomic E-state index is -4.93. The second-order valence-corrected chi connectivity index (χ2v) is 13.4. The molecule has 0 radical (unpaired) electrons. The Balaban J connectivity index is 4.10. The van der Waals surface area contributed by atoms with E-state index in [0.717, 1.165) is 38.5 Å². The van der Waals surface area contributed by atoms with Crippen molar-refractivity contribution in [1.29, 1.82) is 0 Å². The first kappa shape index (κ1) is 40.8. The van der Waals surface area contributed by atoms with Crippen LogP contribution in [0, 0.1) is 0 Å². The first-order chi connectivity index (χ1) is 20.1. The zero-order valence-electron chi connectivity index (χ0n) is 27.1. The fourth-order valence-electron chi connectivity index (χ4n) is 4.75. The van der Waals surface area contributed by atoms with Crippen LogP contribution in [0.15, 0.2) is 0 Å². The van der Waals surface area contributed by atoms with Crippen molar-refractivity contribution in [1.82, 2.24) is 0 Å². The molecule has 1 N–H and O–H groups in total. The average Bonchev–Trinajstić information content (AvgIpc) is 2.94. The van der Waals surface area contributed by atoms with E-state index in [2.05, 4.69) is 18.7 Å². The predicted molar refractivity (Wildman–Crippen MR) is 166 cm³/mol. The summed E-state index contributed by atoms with van der Waals surface area (Å²) < 4.78 is 32.9. The molecule has 0 aliphatic heterocycles. The van der Waals surface area contributed by atoms with Gasteiger partial charge in [-0.05, 0) is 26.7 Å². The lowest BCUT2D eigenvalue weighted by molar-refractivity contribution is -0.300. The summed E-state index contributed by atoms with van der Waals surface area (Å²) in [5.74, 6) is -2.47. The van der Waals surface area contributed by atoms with Crippen molar-refractivity contribution in [3.05, 3.63) is 0 Å². The van der Waals surface area contributed by atoms with E-state index in [4.69, 9.17) is 14.7 Å². The number of hydrogen-bond donors (Lipinski definition) is 1. The molecule has 10 heteroatoms. The summed E-state index contributed by atoms with van der Waals surface area (Å²) in [5.41, 5.74) is 0. The maximum atomic E-state index is 12.3. The minimum absolute atomic E-state index is 0.380. The van der Waals surface area contributed by atoms with E-state index in [1.54, 1.807) is 13.8 Å². The predicted octanol–water partition coefficient (Wildman–Crippen LogP) is 8.98. The van der Waals surface area contributed by atoms with E-state index in [9.17, 15) is 22.6 Å². The lowest BCUT2D eigenvalue weighted by atomic mass is 10.1. The zero-order valence-corrected chi connectivity index (χ0v) is 27.9. The molecule has 0 amide bonds.